The SMILES string of the molecule is CCCCN(C)C[C@H](C)OC(=O)C(O)(c1ccccc1)c1ccccc1. The zero-order valence-corrected chi connectivity index (χ0v) is 15.9. The van der Waals surface area contributed by atoms with Gasteiger partial charge in [0.1, 0.15) is 6.10 Å². The molecular formula is C22H29NO3. The van der Waals surface area contributed by atoms with E-state index in [0.29, 0.717) is 17.7 Å². The summed E-state index contributed by atoms with van der Waals surface area (Å²) in [5.41, 5.74) is -0.816. The standard InChI is InChI=1S/C22H29NO3/c1-4-5-16-23(3)17-18(2)26-21(24)22(25,19-12-8-6-9-13-19)20-14-10-7-11-15-20/h6-15,18,25H,4-5,16-17H2,1-3H3/t18-/m0/s1. The number of unbranched alkanes of at least 4 members (excludes halogenated alkanes) is 1. The predicted octanol–water partition coefficient (Wildman–Crippen LogP) is 3.59. The molecule has 4 nitrogen and oxygen atoms in total. The Bertz CT molecular complexity index is 633. The molecule has 0 bridgehead atoms. The molecule has 0 fully saturated rings. The summed E-state index contributed by atoms with van der Waals surface area (Å²) in [6.45, 7) is 5.60. The van der Waals surface area contributed by atoms with Crippen molar-refractivity contribution in [2.75, 3.05) is 20.1 Å². The summed E-state index contributed by atoms with van der Waals surface area (Å²) in [6, 6.07) is 17.9. The summed E-state index contributed by atoms with van der Waals surface area (Å²) in [4.78, 5) is 15.1. The van der Waals surface area contributed by atoms with Crippen molar-refractivity contribution in [3.63, 3.8) is 0 Å². The summed E-state index contributed by atoms with van der Waals surface area (Å²) in [5.74, 6) is -0.647. The van der Waals surface area contributed by atoms with E-state index in [1.54, 1.807) is 48.5 Å². The Hall–Kier alpha value is -2.17. The highest BCUT2D eigenvalue weighted by atomic mass is 16.6. The minimum Gasteiger partial charge on any atom is -0.459 e. The first-order chi connectivity index (χ1) is 12.5. The molecule has 0 aliphatic heterocycles. The third kappa shape index (κ3) is 4.93. The summed E-state index contributed by atoms with van der Waals surface area (Å²) < 4.78 is 5.64. The summed E-state index contributed by atoms with van der Waals surface area (Å²) in [7, 11) is 2.01. The quantitative estimate of drug-likeness (QED) is 0.699. The van der Waals surface area contributed by atoms with Crippen LogP contribution in [-0.2, 0) is 15.1 Å². The number of hydrogen-bond donors (Lipinski definition) is 1. The molecule has 0 spiro atoms. The molecule has 0 unspecified atom stereocenters. The number of carbonyl (C=O) groups is 1. The van der Waals surface area contributed by atoms with Crippen LogP contribution in [0.25, 0.3) is 0 Å². The van der Waals surface area contributed by atoms with Crippen molar-refractivity contribution in [1.29, 1.82) is 0 Å². The Morgan fingerprint density at radius 2 is 1.58 bits per heavy atom. The van der Waals surface area contributed by atoms with Gasteiger partial charge in [-0.15, -0.1) is 0 Å². The summed E-state index contributed by atoms with van der Waals surface area (Å²) >= 11 is 0. The van der Waals surface area contributed by atoms with Crippen LogP contribution in [0.15, 0.2) is 60.7 Å². The van der Waals surface area contributed by atoms with Gasteiger partial charge < -0.3 is 14.7 Å². The zero-order valence-electron chi connectivity index (χ0n) is 15.9. The molecule has 0 radical (unpaired) electrons. The predicted molar refractivity (Wildman–Crippen MR) is 104 cm³/mol. The lowest BCUT2D eigenvalue weighted by atomic mass is 9.86. The number of aliphatic hydroxyl groups is 1. The first-order valence-electron chi connectivity index (χ1n) is 9.21. The fourth-order valence-corrected chi connectivity index (χ4v) is 3.02. The van der Waals surface area contributed by atoms with Gasteiger partial charge in [0.05, 0.1) is 0 Å². The number of esters is 1. The minimum absolute atomic E-state index is 0.316. The molecule has 26 heavy (non-hydrogen) atoms. The van der Waals surface area contributed by atoms with Crippen LogP contribution < -0.4 is 0 Å². The number of ether oxygens (including phenoxy) is 1. The molecule has 2 rings (SSSR count). The first kappa shape index (κ1) is 20.1. The van der Waals surface area contributed by atoms with E-state index in [2.05, 4.69) is 11.8 Å². The van der Waals surface area contributed by atoms with E-state index >= 15 is 0 Å². The van der Waals surface area contributed by atoms with E-state index in [9.17, 15) is 9.90 Å². The Balaban J connectivity index is 2.20. The largest absolute Gasteiger partial charge is 0.459 e. The smallest absolute Gasteiger partial charge is 0.348 e. The minimum atomic E-state index is -1.82. The van der Waals surface area contributed by atoms with E-state index in [0.717, 1.165) is 19.4 Å². The van der Waals surface area contributed by atoms with Gasteiger partial charge in [0.15, 0.2) is 0 Å². The van der Waals surface area contributed by atoms with Crippen LogP contribution in [0.3, 0.4) is 0 Å². The summed E-state index contributed by atoms with van der Waals surface area (Å²) in [6.07, 6.45) is 1.92. The van der Waals surface area contributed by atoms with Gasteiger partial charge in [-0.2, -0.15) is 0 Å². The van der Waals surface area contributed by atoms with Crippen molar-refractivity contribution in [1.82, 2.24) is 4.90 Å². The van der Waals surface area contributed by atoms with Crippen LogP contribution >= 0.6 is 0 Å². The first-order valence-corrected chi connectivity index (χ1v) is 9.21. The number of carbonyl (C=O) groups excluding carboxylic acids is 1. The third-order valence-electron chi connectivity index (χ3n) is 4.45. The average molecular weight is 355 g/mol. The van der Waals surface area contributed by atoms with Crippen LogP contribution in [0.4, 0.5) is 0 Å². The van der Waals surface area contributed by atoms with E-state index in [1.807, 2.05) is 26.1 Å². The molecular weight excluding hydrogens is 326 g/mol. The van der Waals surface area contributed by atoms with Crippen LogP contribution in [0.2, 0.25) is 0 Å². The number of nitrogens with zero attached hydrogens (tertiary/aromatic N) is 1. The maximum absolute atomic E-state index is 13.0. The Kier molecular flexibility index (Phi) is 7.37. The second-order valence-electron chi connectivity index (χ2n) is 6.77. The second-order valence-corrected chi connectivity index (χ2v) is 6.77. The lowest BCUT2D eigenvalue weighted by molar-refractivity contribution is -0.167. The Morgan fingerprint density at radius 1 is 1.08 bits per heavy atom. The highest BCUT2D eigenvalue weighted by Crippen LogP contribution is 2.31. The third-order valence-corrected chi connectivity index (χ3v) is 4.45. The van der Waals surface area contributed by atoms with Gasteiger partial charge in [-0.1, -0.05) is 74.0 Å². The zero-order chi connectivity index (χ0) is 19.0. The fourth-order valence-electron chi connectivity index (χ4n) is 3.02. The van der Waals surface area contributed by atoms with Crippen molar-refractivity contribution >= 4 is 5.97 Å². The highest BCUT2D eigenvalue weighted by molar-refractivity contribution is 5.85. The molecule has 0 saturated heterocycles. The molecule has 4 heteroatoms. The van der Waals surface area contributed by atoms with Crippen molar-refractivity contribution in [2.24, 2.45) is 0 Å². The topological polar surface area (TPSA) is 49.8 Å². The molecule has 0 aromatic heterocycles. The molecule has 0 aliphatic carbocycles. The number of rotatable bonds is 9. The van der Waals surface area contributed by atoms with Crippen molar-refractivity contribution in [3.8, 4) is 0 Å². The van der Waals surface area contributed by atoms with Gasteiger partial charge in [0.25, 0.3) is 0 Å². The maximum Gasteiger partial charge on any atom is 0.348 e. The van der Waals surface area contributed by atoms with E-state index in [1.165, 1.54) is 0 Å². The molecule has 0 amide bonds. The number of hydrogen-bond acceptors (Lipinski definition) is 4. The number of likely N-dealkylation sites (N-methyl/N-ethyl adjacent to an activating group) is 1. The van der Waals surface area contributed by atoms with Crippen molar-refractivity contribution in [2.45, 2.75) is 38.4 Å². The lowest BCUT2D eigenvalue weighted by Gasteiger charge is -2.29. The van der Waals surface area contributed by atoms with E-state index in [4.69, 9.17) is 4.74 Å². The maximum atomic E-state index is 13.0. The average Bonchev–Trinajstić information content (AvgIpc) is 2.66. The summed E-state index contributed by atoms with van der Waals surface area (Å²) in [5, 5.41) is 11.4. The van der Waals surface area contributed by atoms with Crippen LogP contribution in [0, 0.1) is 0 Å². The van der Waals surface area contributed by atoms with Crippen molar-refractivity contribution < 1.29 is 14.6 Å². The normalized spacial score (nSPS) is 12.8. The second kappa shape index (κ2) is 9.51. The molecule has 2 aromatic carbocycles. The molecule has 0 aliphatic rings. The lowest BCUT2D eigenvalue weighted by Crippen LogP contribution is -2.42. The van der Waals surface area contributed by atoms with Crippen LogP contribution in [0.5, 0.6) is 0 Å². The Morgan fingerprint density at radius 3 is 2.04 bits per heavy atom. The highest BCUT2D eigenvalue weighted by Gasteiger charge is 2.42. The van der Waals surface area contributed by atoms with Gasteiger partial charge in [0, 0.05) is 6.54 Å². The molecule has 1 atom stereocenters. The molecule has 2 aromatic rings. The fraction of sp³-hybridized carbons (Fsp3) is 0.409. The monoisotopic (exact) mass is 355 g/mol. The van der Waals surface area contributed by atoms with Gasteiger partial charge in [-0.05, 0) is 38.1 Å². The van der Waals surface area contributed by atoms with E-state index < -0.39 is 11.6 Å². The van der Waals surface area contributed by atoms with E-state index in [-0.39, 0.29) is 6.10 Å². The molecule has 0 saturated carbocycles. The number of benzene rings is 2. The molecule has 1 N–H and O–H groups in total. The van der Waals surface area contributed by atoms with Gasteiger partial charge in [-0.25, -0.2) is 4.79 Å². The van der Waals surface area contributed by atoms with Gasteiger partial charge >= 0.3 is 5.97 Å². The van der Waals surface area contributed by atoms with Gasteiger partial charge in [0.2, 0.25) is 5.60 Å². The van der Waals surface area contributed by atoms with Gasteiger partial charge in [-0.3, -0.25) is 0 Å². The van der Waals surface area contributed by atoms with Crippen LogP contribution in [0.1, 0.15) is 37.8 Å². The van der Waals surface area contributed by atoms with Crippen LogP contribution in [-0.4, -0.2) is 42.2 Å². The molecule has 0 heterocycles. The molecule has 140 valence electrons. The Labute approximate surface area is 156 Å². The van der Waals surface area contributed by atoms with Crippen molar-refractivity contribution in [3.05, 3.63) is 71.8 Å².